The van der Waals surface area contributed by atoms with E-state index in [0.717, 1.165) is 0 Å². The zero-order valence-electron chi connectivity index (χ0n) is 17.3. The van der Waals surface area contributed by atoms with Crippen LogP contribution >= 0.6 is 0 Å². The normalized spacial score (nSPS) is 11.3. The van der Waals surface area contributed by atoms with Crippen molar-refractivity contribution in [2.45, 2.75) is 20.0 Å². The number of carbonyl (C=O) groups excluding carboxylic acids is 3. The van der Waals surface area contributed by atoms with E-state index in [1.54, 1.807) is 78.9 Å². The van der Waals surface area contributed by atoms with Gasteiger partial charge in [-0.05, 0) is 38.1 Å². The predicted molar refractivity (Wildman–Crippen MR) is 117 cm³/mol. The highest BCUT2D eigenvalue weighted by atomic mass is 16.6. The highest BCUT2D eigenvalue weighted by Gasteiger charge is 2.27. The molecule has 0 unspecified atom stereocenters. The Hall–Kier alpha value is -3.93. The van der Waals surface area contributed by atoms with Crippen LogP contribution in [0.5, 0.6) is 5.75 Å². The summed E-state index contributed by atoms with van der Waals surface area (Å²) in [7, 11) is 0. The van der Waals surface area contributed by atoms with Gasteiger partial charge in [-0.25, -0.2) is 4.79 Å². The molecule has 0 saturated heterocycles. The molecule has 0 aliphatic heterocycles. The van der Waals surface area contributed by atoms with Gasteiger partial charge in [0.15, 0.2) is 5.78 Å². The highest BCUT2D eigenvalue weighted by Crippen LogP contribution is 2.25. The smallest absolute Gasteiger partial charge is 0.343 e. The van der Waals surface area contributed by atoms with Gasteiger partial charge in [0.2, 0.25) is 6.10 Å². The lowest BCUT2D eigenvalue weighted by molar-refractivity contribution is -0.125. The predicted octanol–water partition coefficient (Wildman–Crippen LogP) is 4.82. The van der Waals surface area contributed by atoms with Crippen molar-refractivity contribution in [2.75, 3.05) is 11.9 Å². The number of ketones is 1. The number of hydrogen-bond acceptors (Lipinski definition) is 5. The number of carbonyl (C=O) groups is 3. The third-order valence-corrected chi connectivity index (χ3v) is 4.51. The molecule has 0 fully saturated rings. The van der Waals surface area contributed by atoms with Gasteiger partial charge in [-0.3, -0.25) is 9.59 Å². The van der Waals surface area contributed by atoms with Gasteiger partial charge in [-0.1, -0.05) is 54.6 Å². The molecule has 1 N–H and O–H groups in total. The molecule has 1 atom stereocenters. The first-order valence-electron chi connectivity index (χ1n) is 9.89. The molecule has 0 radical (unpaired) electrons. The van der Waals surface area contributed by atoms with E-state index < -0.39 is 18.0 Å². The molecule has 0 aliphatic rings. The number of amides is 1. The fourth-order valence-electron chi connectivity index (χ4n) is 3.01. The fourth-order valence-corrected chi connectivity index (χ4v) is 3.01. The van der Waals surface area contributed by atoms with E-state index in [9.17, 15) is 14.4 Å². The molecule has 3 rings (SSSR count). The van der Waals surface area contributed by atoms with Gasteiger partial charge in [0, 0.05) is 16.8 Å². The topological polar surface area (TPSA) is 81.7 Å². The third-order valence-electron chi connectivity index (χ3n) is 4.51. The first-order valence-corrected chi connectivity index (χ1v) is 9.89. The first-order chi connectivity index (χ1) is 15.0. The maximum atomic E-state index is 13.1. The molecule has 3 aromatic carbocycles. The van der Waals surface area contributed by atoms with Crippen LogP contribution in [0.2, 0.25) is 0 Å². The molecule has 0 spiro atoms. The number of Topliss-reactive ketones (excluding diaryl/α,β-unsaturated/α-hetero) is 1. The van der Waals surface area contributed by atoms with Crippen molar-refractivity contribution < 1.29 is 23.9 Å². The SMILES string of the molecule is CCOc1ccccc1C(=O)O[C@@H](C(=O)Nc1cccc(C(C)=O)c1)c1ccccc1. The van der Waals surface area contributed by atoms with Crippen molar-refractivity contribution in [3.63, 3.8) is 0 Å². The molecular formula is C25H23NO5. The quantitative estimate of drug-likeness (QED) is 0.420. The second kappa shape index (κ2) is 10.2. The number of ether oxygens (including phenoxy) is 2. The zero-order chi connectivity index (χ0) is 22.2. The molecule has 31 heavy (non-hydrogen) atoms. The number of anilines is 1. The summed E-state index contributed by atoms with van der Waals surface area (Å²) < 4.78 is 11.1. The van der Waals surface area contributed by atoms with Crippen molar-refractivity contribution in [1.82, 2.24) is 0 Å². The average molecular weight is 417 g/mol. The number of rotatable bonds is 8. The van der Waals surface area contributed by atoms with Crippen LogP contribution in [0.15, 0.2) is 78.9 Å². The molecule has 158 valence electrons. The number of esters is 1. The molecule has 0 bridgehead atoms. The molecule has 0 saturated carbocycles. The lowest BCUT2D eigenvalue weighted by Crippen LogP contribution is -2.26. The summed E-state index contributed by atoms with van der Waals surface area (Å²) >= 11 is 0. The standard InChI is InChI=1S/C25H23NO5/c1-3-30-22-15-8-7-14-21(22)25(29)31-23(18-10-5-4-6-11-18)24(28)26-20-13-9-12-19(16-20)17(2)27/h4-16,23H,3H2,1-2H3,(H,26,28)/t23-/m1/s1. The Morgan fingerprint density at radius 1 is 0.903 bits per heavy atom. The van der Waals surface area contributed by atoms with Crippen molar-refractivity contribution in [3.05, 3.63) is 95.6 Å². The number of nitrogens with one attached hydrogen (secondary N) is 1. The van der Waals surface area contributed by atoms with Gasteiger partial charge in [0.1, 0.15) is 11.3 Å². The minimum Gasteiger partial charge on any atom is -0.493 e. The van der Waals surface area contributed by atoms with Gasteiger partial charge in [-0.15, -0.1) is 0 Å². The second-order valence-corrected chi connectivity index (χ2v) is 6.75. The monoisotopic (exact) mass is 417 g/mol. The molecule has 0 aromatic heterocycles. The van der Waals surface area contributed by atoms with Crippen LogP contribution in [-0.2, 0) is 9.53 Å². The number of hydrogen-bond donors (Lipinski definition) is 1. The van der Waals surface area contributed by atoms with Crippen molar-refractivity contribution in [1.29, 1.82) is 0 Å². The van der Waals surface area contributed by atoms with E-state index in [1.165, 1.54) is 6.92 Å². The summed E-state index contributed by atoms with van der Waals surface area (Å²) in [6, 6.07) is 22.0. The van der Waals surface area contributed by atoms with Crippen LogP contribution in [-0.4, -0.2) is 24.3 Å². The summed E-state index contributed by atoms with van der Waals surface area (Å²) in [4.78, 5) is 37.6. The Bertz CT molecular complexity index is 1080. The van der Waals surface area contributed by atoms with E-state index in [1.807, 2.05) is 6.92 Å². The lowest BCUT2D eigenvalue weighted by atomic mass is 10.1. The van der Waals surface area contributed by atoms with Crippen molar-refractivity contribution >= 4 is 23.3 Å². The van der Waals surface area contributed by atoms with Gasteiger partial charge in [0.05, 0.1) is 6.61 Å². The maximum Gasteiger partial charge on any atom is 0.343 e. The zero-order valence-corrected chi connectivity index (χ0v) is 17.3. The molecule has 1 amide bonds. The summed E-state index contributed by atoms with van der Waals surface area (Å²) in [6.07, 6.45) is -1.19. The van der Waals surface area contributed by atoms with E-state index >= 15 is 0 Å². The third kappa shape index (κ3) is 5.57. The lowest BCUT2D eigenvalue weighted by Gasteiger charge is -2.19. The summed E-state index contributed by atoms with van der Waals surface area (Å²) in [6.45, 7) is 3.65. The van der Waals surface area contributed by atoms with Crippen LogP contribution in [0.25, 0.3) is 0 Å². The van der Waals surface area contributed by atoms with E-state index in [0.29, 0.717) is 29.2 Å². The molecule has 0 aliphatic carbocycles. The fraction of sp³-hybridized carbons (Fsp3) is 0.160. The largest absolute Gasteiger partial charge is 0.493 e. The van der Waals surface area contributed by atoms with Gasteiger partial charge in [-0.2, -0.15) is 0 Å². The highest BCUT2D eigenvalue weighted by molar-refractivity contribution is 6.00. The van der Waals surface area contributed by atoms with Gasteiger partial charge < -0.3 is 14.8 Å². The molecular weight excluding hydrogens is 394 g/mol. The molecule has 6 heteroatoms. The first kappa shape index (κ1) is 21.8. The number of para-hydroxylation sites is 1. The van der Waals surface area contributed by atoms with Crippen LogP contribution < -0.4 is 10.1 Å². The second-order valence-electron chi connectivity index (χ2n) is 6.75. The number of benzene rings is 3. The molecule has 0 heterocycles. The van der Waals surface area contributed by atoms with Crippen molar-refractivity contribution in [3.8, 4) is 5.75 Å². The summed E-state index contributed by atoms with van der Waals surface area (Å²) in [5, 5.41) is 2.73. The van der Waals surface area contributed by atoms with Crippen LogP contribution in [0.1, 0.15) is 46.2 Å². The summed E-state index contributed by atoms with van der Waals surface area (Å²) in [5.74, 6) is -0.939. The Labute approximate surface area is 180 Å². The Kier molecular flexibility index (Phi) is 7.17. The van der Waals surface area contributed by atoms with Gasteiger partial charge in [0.25, 0.3) is 5.91 Å². The minimum absolute atomic E-state index is 0.116. The van der Waals surface area contributed by atoms with Crippen LogP contribution in [0, 0.1) is 0 Å². The van der Waals surface area contributed by atoms with E-state index in [4.69, 9.17) is 9.47 Å². The average Bonchev–Trinajstić information content (AvgIpc) is 2.78. The maximum absolute atomic E-state index is 13.1. The van der Waals surface area contributed by atoms with Crippen molar-refractivity contribution in [2.24, 2.45) is 0 Å². The summed E-state index contributed by atoms with van der Waals surface area (Å²) in [5.41, 5.74) is 1.66. The van der Waals surface area contributed by atoms with E-state index in [-0.39, 0.29) is 11.3 Å². The van der Waals surface area contributed by atoms with Gasteiger partial charge >= 0.3 is 5.97 Å². The van der Waals surface area contributed by atoms with E-state index in [2.05, 4.69) is 5.32 Å². The minimum atomic E-state index is -1.19. The molecule has 6 nitrogen and oxygen atoms in total. The van der Waals surface area contributed by atoms with Crippen LogP contribution in [0.4, 0.5) is 5.69 Å². The Balaban J connectivity index is 1.87. The Morgan fingerprint density at radius 2 is 1.61 bits per heavy atom. The molecule has 3 aromatic rings. The van der Waals surface area contributed by atoms with Crippen LogP contribution in [0.3, 0.4) is 0 Å². The Morgan fingerprint density at radius 3 is 2.32 bits per heavy atom.